The Morgan fingerprint density at radius 3 is 3.17 bits per heavy atom. The molecule has 1 aromatic carbocycles. The summed E-state index contributed by atoms with van der Waals surface area (Å²) in [5.74, 6) is 0. The lowest BCUT2D eigenvalue weighted by Crippen LogP contribution is -2.26. The van der Waals surface area contributed by atoms with E-state index >= 15 is 0 Å². The smallest absolute Gasteiger partial charge is 0.0346 e. The third-order valence-electron chi connectivity index (χ3n) is 3.71. The van der Waals surface area contributed by atoms with Crippen LogP contribution < -0.4 is 10.6 Å². The molecule has 96 valence electrons. The van der Waals surface area contributed by atoms with Crippen LogP contribution in [-0.4, -0.2) is 19.1 Å². The first kappa shape index (κ1) is 12.2. The zero-order valence-electron chi connectivity index (χ0n) is 10.6. The zero-order valence-corrected chi connectivity index (χ0v) is 11.4. The summed E-state index contributed by atoms with van der Waals surface area (Å²) >= 11 is 1.84. The van der Waals surface area contributed by atoms with Gasteiger partial charge in [-0.05, 0) is 54.7 Å². The van der Waals surface area contributed by atoms with E-state index < -0.39 is 0 Å². The van der Waals surface area contributed by atoms with Crippen LogP contribution in [0.25, 0.3) is 10.1 Å². The average molecular weight is 260 g/mol. The van der Waals surface area contributed by atoms with Crippen molar-refractivity contribution < 1.29 is 0 Å². The standard InChI is InChI=1S/C15H20N2S/c1-2-6-15-14(5-1)12(11-18-15)10-16-9-7-13-4-3-8-17-13/h1-2,5-6,11,13,16-17H,3-4,7-10H2. The van der Waals surface area contributed by atoms with Crippen LogP contribution in [0.15, 0.2) is 29.6 Å². The number of rotatable bonds is 5. The van der Waals surface area contributed by atoms with E-state index in [1.54, 1.807) is 0 Å². The van der Waals surface area contributed by atoms with Crippen LogP contribution >= 0.6 is 11.3 Å². The fraction of sp³-hybridized carbons (Fsp3) is 0.467. The lowest BCUT2D eigenvalue weighted by molar-refractivity contribution is 0.524. The van der Waals surface area contributed by atoms with Gasteiger partial charge < -0.3 is 10.6 Å². The minimum atomic E-state index is 0.747. The van der Waals surface area contributed by atoms with Crippen LogP contribution in [0.4, 0.5) is 0 Å². The molecule has 2 N–H and O–H groups in total. The molecule has 1 unspecified atom stereocenters. The third-order valence-corrected chi connectivity index (χ3v) is 4.72. The molecule has 0 saturated carbocycles. The second-order valence-corrected chi connectivity index (χ2v) is 5.93. The van der Waals surface area contributed by atoms with Gasteiger partial charge in [-0.2, -0.15) is 0 Å². The molecule has 2 nitrogen and oxygen atoms in total. The summed E-state index contributed by atoms with van der Waals surface area (Å²) in [4.78, 5) is 0. The summed E-state index contributed by atoms with van der Waals surface area (Å²) in [7, 11) is 0. The van der Waals surface area contributed by atoms with Crippen molar-refractivity contribution in [2.24, 2.45) is 0 Å². The van der Waals surface area contributed by atoms with E-state index in [1.165, 1.54) is 41.5 Å². The highest BCUT2D eigenvalue weighted by Gasteiger charge is 2.12. The van der Waals surface area contributed by atoms with Gasteiger partial charge in [-0.3, -0.25) is 0 Å². The molecule has 3 rings (SSSR count). The van der Waals surface area contributed by atoms with Gasteiger partial charge in [-0.15, -0.1) is 11.3 Å². The van der Waals surface area contributed by atoms with Gasteiger partial charge in [0.2, 0.25) is 0 Å². The molecule has 0 spiro atoms. The van der Waals surface area contributed by atoms with E-state index in [0.717, 1.165) is 19.1 Å². The molecule has 1 fully saturated rings. The fourth-order valence-electron chi connectivity index (χ4n) is 2.67. The number of hydrogen-bond acceptors (Lipinski definition) is 3. The Hall–Kier alpha value is -0.900. The van der Waals surface area contributed by atoms with Crippen LogP contribution in [0.1, 0.15) is 24.8 Å². The fourth-order valence-corrected chi connectivity index (χ4v) is 3.63. The first-order valence-electron chi connectivity index (χ1n) is 6.83. The molecule has 1 atom stereocenters. The number of nitrogens with one attached hydrogen (secondary N) is 2. The minimum absolute atomic E-state index is 0.747. The van der Waals surface area contributed by atoms with E-state index in [0.29, 0.717) is 0 Å². The summed E-state index contributed by atoms with van der Waals surface area (Å²) in [5, 5.41) is 10.8. The van der Waals surface area contributed by atoms with E-state index in [9.17, 15) is 0 Å². The molecule has 1 aliphatic heterocycles. The molecule has 3 heteroatoms. The second kappa shape index (κ2) is 5.83. The van der Waals surface area contributed by atoms with Crippen molar-refractivity contribution in [1.82, 2.24) is 10.6 Å². The van der Waals surface area contributed by atoms with E-state index in [2.05, 4.69) is 40.3 Å². The highest BCUT2D eigenvalue weighted by molar-refractivity contribution is 7.17. The van der Waals surface area contributed by atoms with Gasteiger partial charge in [-0.25, -0.2) is 0 Å². The summed E-state index contributed by atoms with van der Waals surface area (Å²) in [5.41, 5.74) is 1.44. The second-order valence-electron chi connectivity index (χ2n) is 5.02. The summed E-state index contributed by atoms with van der Waals surface area (Å²) in [6.07, 6.45) is 3.95. The Morgan fingerprint density at radius 2 is 2.28 bits per heavy atom. The quantitative estimate of drug-likeness (QED) is 0.807. The Kier molecular flexibility index (Phi) is 3.93. The number of fused-ring (bicyclic) bond motifs is 1. The van der Waals surface area contributed by atoms with Gasteiger partial charge >= 0.3 is 0 Å². The minimum Gasteiger partial charge on any atom is -0.314 e. The maximum atomic E-state index is 3.57. The Labute approximate surface area is 112 Å². The predicted octanol–water partition coefficient (Wildman–Crippen LogP) is 3.13. The normalized spacial score (nSPS) is 19.7. The maximum absolute atomic E-state index is 3.57. The van der Waals surface area contributed by atoms with E-state index in [4.69, 9.17) is 0 Å². The van der Waals surface area contributed by atoms with Gasteiger partial charge in [0.25, 0.3) is 0 Å². The molecule has 2 heterocycles. The van der Waals surface area contributed by atoms with Crippen LogP contribution in [0.3, 0.4) is 0 Å². The van der Waals surface area contributed by atoms with Gasteiger partial charge in [0, 0.05) is 17.3 Å². The van der Waals surface area contributed by atoms with Gasteiger partial charge in [0.1, 0.15) is 0 Å². The Bertz CT molecular complexity index is 500. The number of benzene rings is 1. The molecule has 0 amide bonds. The summed E-state index contributed by atoms with van der Waals surface area (Å²) < 4.78 is 1.40. The maximum Gasteiger partial charge on any atom is 0.0346 e. The van der Waals surface area contributed by atoms with Crippen molar-refractivity contribution >= 4 is 21.4 Å². The van der Waals surface area contributed by atoms with Crippen molar-refractivity contribution in [3.05, 3.63) is 35.2 Å². The Morgan fingerprint density at radius 1 is 1.33 bits per heavy atom. The van der Waals surface area contributed by atoms with Crippen molar-refractivity contribution in [3.63, 3.8) is 0 Å². The highest BCUT2D eigenvalue weighted by Crippen LogP contribution is 2.25. The monoisotopic (exact) mass is 260 g/mol. The summed E-state index contributed by atoms with van der Waals surface area (Å²) in [6.45, 7) is 3.32. The van der Waals surface area contributed by atoms with Crippen molar-refractivity contribution in [3.8, 4) is 0 Å². The lowest BCUT2D eigenvalue weighted by atomic mass is 10.1. The largest absolute Gasteiger partial charge is 0.314 e. The number of hydrogen-bond donors (Lipinski definition) is 2. The van der Waals surface area contributed by atoms with Crippen LogP contribution in [0.5, 0.6) is 0 Å². The number of thiophene rings is 1. The zero-order chi connectivity index (χ0) is 12.2. The highest BCUT2D eigenvalue weighted by atomic mass is 32.1. The van der Waals surface area contributed by atoms with Crippen LogP contribution in [0.2, 0.25) is 0 Å². The third kappa shape index (κ3) is 2.74. The Balaban J connectivity index is 1.50. The first-order chi connectivity index (χ1) is 8.93. The molecule has 1 aromatic heterocycles. The molecule has 0 aliphatic carbocycles. The molecular weight excluding hydrogens is 240 g/mol. The van der Waals surface area contributed by atoms with E-state index in [-0.39, 0.29) is 0 Å². The molecule has 1 aliphatic rings. The van der Waals surface area contributed by atoms with Gasteiger partial charge in [0.15, 0.2) is 0 Å². The van der Waals surface area contributed by atoms with Gasteiger partial charge in [0.05, 0.1) is 0 Å². The molecule has 0 radical (unpaired) electrons. The van der Waals surface area contributed by atoms with Gasteiger partial charge in [-0.1, -0.05) is 18.2 Å². The molecule has 0 bridgehead atoms. The molecule has 2 aromatic rings. The van der Waals surface area contributed by atoms with Crippen molar-refractivity contribution in [2.75, 3.05) is 13.1 Å². The molecule has 1 saturated heterocycles. The first-order valence-corrected chi connectivity index (χ1v) is 7.70. The average Bonchev–Trinajstić information content (AvgIpc) is 3.04. The van der Waals surface area contributed by atoms with E-state index in [1.807, 2.05) is 11.3 Å². The van der Waals surface area contributed by atoms with Crippen LogP contribution in [-0.2, 0) is 6.54 Å². The lowest BCUT2D eigenvalue weighted by Gasteiger charge is -2.10. The molecular formula is C15H20N2S. The van der Waals surface area contributed by atoms with Crippen molar-refractivity contribution in [1.29, 1.82) is 0 Å². The van der Waals surface area contributed by atoms with Crippen LogP contribution in [0, 0.1) is 0 Å². The van der Waals surface area contributed by atoms with Crippen molar-refractivity contribution in [2.45, 2.75) is 31.8 Å². The topological polar surface area (TPSA) is 24.1 Å². The summed E-state index contributed by atoms with van der Waals surface area (Å²) in [6, 6.07) is 9.41. The SMILES string of the molecule is c1ccc2c(CNCCC3CCCN3)csc2c1. The predicted molar refractivity (Wildman–Crippen MR) is 79.2 cm³/mol. The molecule has 18 heavy (non-hydrogen) atoms.